The first-order valence-corrected chi connectivity index (χ1v) is 5.53. The van der Waals surface area contributed by atoms with E-state index in [4.69, 9.17) is 5.11 Å². The lowest BCUT2D eigenvalue weighted by atomic mass is 9.91. The summed E-state index contributed by atoms with van der Waals surface area (Å²) in [6, 6.07) is 1.73. The molecule has 0 spiro atoms. The highest BCUT2D eigenvalue weighted by atomic mass is 19.4. The molecule has 100 valence electrons. The third-order valence-corrected chi connectivity index (χ3v) is 3.05. The predicted molar refractivity (Wildman–Crippen MR) is 62.0 cm³/mol. The summed E-state index contributed by atoms with van der Waals surface area (Å²) in [5.41, 5.74) is 2.20. The van der Waals surface area contributed by atoms with E-state index in [2.05, 4.69) is 0 Å². The van der Waals surface area contributed by atoms with Gasteiger partial charge < -0.3 is 5.11 Å². The van der Waals surface area contributed by atoms with Gasteiger partial charge in [0.2, 0.25) is 0 Å². The van der Waals surface area contributed by atoms with Gasteiger partial charge in [-0.05, 0) is 49.4 Å². The molecule has 2 nitrogen and oxygen atoms in total. The fourth-order valence-electron chi connectivity index (χ4n) is 2.02. The number of benzene rings is 1. The van der Waals surface area contributed by atoms with Crippen LogP contribution in [0.3, 0.4) is 0 Å². The van der Waals surface area contributed by atoms with E-state index in [0.29, 0.717) is 11.1 Å². The summed E-state index contributed by atoms with van der Waals surface area (Å²) in [4.78, 5) is 11.2. The average Bonchev–Trinajstić information content (AvgIpc) is 2.19. The van der Waals surface area contributed by atoms with Crippen LogP contribution in [-0.4, -0.2) is 17.3 Å². The summed E-state index contributed by atoms with van der Waals surface area (Å²) in [5.74, 6) is -1.17. The normalized spacial score (nSPS) is 11.7. The highest BCUT2D eigenvalue weighted by molar-refractivity contribution is 5.92. The molecule has 0 heterocycles. The molecule has 1 N–H and O–H groups in total. The second-order valence-corrected chi connectivity index (χ2v) is 4.41. The molecule has 1 rings (SSSR count). The number of carbonyl (C=O) groups is 1. The van der Waals surface area contributed by atoms with Crippen LogP contribution in [0, 0.1) is 20.8 Å². The van der Waals surface area contributed by atoms with E-state index in [1.165, 1.54) is 0 Å². The van der Waals surface area contributed by atoms with Crippen molar-refractivity contribution in [2.24, 2.45) is 0 Å². The number of aromatic carboxylic acids is 1. The highest BCUT2D eigenvalue weighted by Gasteiger charge is 2.28. The molecule has 0 saturated carbocycles. The fraction of sp³-hybridized carbons (Fsp3) is 0.462. The van der Waals surface area contributed by atoms with Gasteiger partial charge in [-0.15, -0.1) is 0 Å². The van der Waals surface area contributed by atoms with Gasteiger partial charge in [0.25, 0.3) is 0 Å². The Morgan fingerprint density at radius 1 is 1.22 bits per heavy atom. The number of carboxylic acids is 1. The van der Waals surface area contributed by atoms with Crippen molar-refractivity contribution in [3.8, 4) is 0 Å². The Balaban J connectivity index is 3.25. The minimum Gasteiger partial charge on any atom is -0.478 e. The Morgan fingerprint density at radius 2 is 1.78 bits per heavy atom. The molecule has 0 atom stereocenters. The molecule has 0 radical (unpaired) electrons. The van der Waals surface area contributed by atoms with Crippen molar-refractivity contribution in [2.75, 3.05) is 0 Å². The summed E-state index contributed by atoms with van der Waals surface area (Å²) in [5, 5.41) is 9.14. The van der Waals surface area contributed by atoms with Gasteiger partial charge >= 0.3 is 12.1 Å². The Bertz CT molecular complexity index is 476. The Morgan fingerprint density at radius 3 is 2.22 bits per heavy atom. The number of aryl methyl sites for hydroxylation is 2. The van der Waals surface area contributed by atoms with Crippen molar-refractivity contribution in [1.29, 1.82) is 0 Å². The lowest BCUT2D eigenvalue weighted by Crippen LogP contribution is -2.14. The molecule has 0 unspecified atom stereocenters. The van der Waals surface area contributed by atoms with Crippen LogP contribution in [0.4, 0.5) is 13.2 Å². The predicted octanol–water partition coefficient (Wildman–Crippen LogP) is 3.80. The zero-order chi connectivity index (χ0) is 14.1. The van der Waals surface area contributed by atoms with Gasteiger partial charge in [0, 0.05) is 6.42 Å². The van der Waals surface area contributed by atoms with Gasteiger partial charge in [-0.25, -0.2) is 4.79 Å². The zero-order valence-corrected chi connectivity index (χ0v) is 10.5. The minimum absolute atomic E-state index is 0.0109. The van der Waals surface area contributed by atoms with Crippen molar-refractivity contribution >= 4 is 5.97 Å². The first-order chi connectivity index (χ1) is 8.13. The van der Waals surface area contributed by atoms with E-state index in [0.717, 1.165) is 5.56 Å². The smallest absolute Gasteiger partial charge is 0.389 e. The third kappa shape index (κ3) is 3.24. The summed E-state index contributed by atoms with van der Waals surface area (Å²) < 4.78 is 36.7. The van der Waals surface area contributed by atoms with E-state index in [9.17, 15) is 18.0 Å². The second kappa shape index (κ2) is 5.00. The van der Waals surface area contributed by atoms with Gasteiger partial charge in [0.1, 0.15) is 0 Å². The first-order valence-electron chi connectivity index (χ1n) is 5.53. The maximum atomic E-state index is 12.2. The summed E-state index contributed by atoms with van der Waals surface area (Å²) >= 11 is 0. The van der Waals surface area contributed by atoms with Crippen molar-refractivity contribution in [1.82, 2.24) is 0 Å². The van der Waals surface area contributed by atoms with Crippen molar-refractivity contribution in [3.63, 3.8) is 0 Å². The number of alkyl halides is 3. The largest absolute Gasteiger partial charge is 0.478 e. The molecule has 0 aliphatic rings. The molecule has 0 aromatic heterocycles. The molecule has 0 bridgehead atoms. The molecule has 0 fully saturated rings. The molecule has 0 amide bonds. The summed E-state index contributed by atoms with van der Waals surface area (Å²) in [7, 11) is 0. The monoisotopic (exact) mass is 260 g/mol. The quantitative estimate of drug-likeness (QED) is 0.897. The van der Waals surface area contributed by atoms with Crippen LogP contribution in [-0.2, 0) is 6.42 Å². The van der Waals surface area contributed by atoms with Crippen LogP contribution in [0.2, 0.25) is 0 Å². The number of rotatable bonds is 3. The van der Waals surface area contributed by atoms with Crippen LogP contribution in [0.15, 0.2) is 6.07 Å². The van der Waals surface area contributed by atoms with Crippen LogP contribution in [0.1, 0.15) is 39.0 Å². The topological polar surface area (TPSA) is 37.3 Å². The lowest BCUT2D eigenvalue weighted by Gasteiger charge is -2.15. The Hall–Kier alpha value is -1.52. The van der Waals surface area contributed by atoms with Crippen LogP contribution >= 0.6 is 0 Å². The van der Waals surface area contributed by atoms with Crippen molar-refractivity contribution in [3.05, 3.63) is 33.9 Å². The highest BCUT2D eigenvalue weighted by Crippen LogP contribution is 2.28. The zero-order valence-electron chi connectivity index (χ0n) is 10.5. The molecule has 5 heteroatoms. The standard InChI is InChI=1S/C13H15F3O2/c1-7-6-8(2)10(4-5-13(14,15)16)11(9(7)3)12(17)18/h6H,4-5H2,1-3H3,(H,17,18). The van der Waals surface area contributed by atoms with E-state index >= 15 is 0 Å². The van der Waals surface area contributed by atoms with Gasteiger partial charge in [-0.3, -0.25) is 0 Å². The van der Waals surface area contributed by atoms with Crippen molar-refractivity contribution in [2.45, 2.75) is 39.8 Å². The van der Waals surface area contributed by atoms with Crippen LogP contribution in [0.25, 0.3) is 0 Å². The maximum Gasteiger partial charge on any atom is 0.389 e. The third-order valence-electron chi connectivity index (χ3n) is 3.05. The van der Waals surface area contributed by atoms with Gasteiger partial charge in [0.05, 0.1) is 5.56 Å². The SMILES string of the molecule is Cc1cc(C)c(CCC(F)(F)F)c(C(=O)O)c1C. The first kappa shape index (κ1) is 14.5. The van der Waals surface area contributed by atoms with E-state index in [-0.39, 0.29) is 17.5 Å². The van der Waals surface area contributed by atoms with Gasteiger partial charge in [-0.2, -0.15) is 13.2 Å². The molecule has 0 aliphatic heterocycles. The summed E-state index contributed by atoms with van der Waals surface area (Å²) in [6.07, 6.45) is -5.57. The molecule has 0 saturated heterocycles. The summed E-state index contributed by atoms with van der Waals surface area (Å²) in [6.45, 7) is 5.02. The Kier molecular flexibility index (Phi) is 4.04. The molecule has 18 heavy (non-hydrogen) atoms. The van der Waals surface area contributed by atoms with Crippen LogP contribution in [0.5, 0.6) is 0 Å². The molecular weight excluding hydrogens is 245 g/mol. The average molecular weight is 260 g/mol. The minimum atomic E-state index is -4.28. The maximum absolute atomic E-state index is 12.2. The van der Waals surface area contributed by atoms with E-state index in [1.54, 1.807) is 26.8 Å². The molecule has 1 aromatic carbocycles. The lowest BCUT2D eigenvalue weighted by molar-refractivity contribution is -0.134. The number of hydrogen-bond acceptors (Lipinski definition) is 1. The molecule has 0 aliphatic carbocycles. The Labute approximate surface area is 103 Å². The molecular formula is C13H15F3O2. The second-order valence-electron chi connectivity index (χ2n) is 4.41. The molecule has 1 aromatic rings. The fourth-order valence-corrected chi connectivity index (χ4v) is 2.02. The van der Waals surface area contributed by atoms with E-state index in [1.807, 2.05) is 0 Å². The van der Waals surface area contributed by atoms with Crippen LogP contribution < -0.4 is 0 Å². The number of halogens is 3. The number of carboxylic acid groups (broad SMARTS) is 1. The number of hydrogen-bond donors (Lipinski definition) is 1. The van der Waals surface area contributed by atoms with Gasteiger partial charge in [-0.1, -0.05) is 6.07 Å². The van der Waals surface area contributed by atoms with Gasteiger partial charge in [0.15, 0.2) is 0 Å². The van der Waals surface area contributed by atoms with Crippen molar-refractivity contribution < 1.29 is 23.1 Å². The van der Waals surface area contributed by atoms with E-state index < -0.39 is 18.6 Å².